The van der Waals surface area contributed by atoms with E-state index in [0.717, 1.165) is 47.8 Å². The third-order valence-electron chi connectivity index (χ3n) is 8.24. The summed E-state index contributed by atoms with van der Waals surface area (Å²) in [7, 11) is 1.61. The number of aliphatic hydroxyl groups is 1. The van der Waals surface area contributed by atoms with Gasteiger partial charge in [0.15, 0.2) is 0 Å². The maximum absolute atomic E-state index is 12.3. The van der Waals surface area contributed by atoms with Crippen molar-refractivity contribution in [2.75, 3.05) is 62.0 Å². The number of rotatable bonds is 10. The fourth-order valence-corrected chi connectivity index (χ4v) is 5.72. The van der Waals surface area contributed by atoms with Gasteiger partial charge in [-0.05, 0) is 54.8 Å². The molecule has 45 heavy (non-hydrogen) atoms. The van der Waals surface area contributed by atoms with Crippen molar-refractivity contribution in [2.45, 2.75) is 26.5 Å². The number of ether oxygens (including phenoxy) is 2. The van der Waals surface area contributed by atoms with Gasteiger partial charge in [-0.25, -0.2) is 9.97 Å². The first-order valence-electron chi connectivity index (χ1n) is 15.1. The van der Waals surface area contributed by atoms with E-state index in [-0.39, 0.29) is 12.0 Å². The lowest BCUT2D eigenvalue weighted by atomic mass is 10.1. The summed E-state index contributed by atoms with van der Waals surface area (Å²) in [4.78, 5) is 26.1. The maximum Gasteiger partial charge on any atom is 0.247 e. The Hall–Kier alpha value is -4.71. The number of hydrogen-bond donors (Lipinski definition) is 3. The Labute approximate surface area is 263 Å². The van der Waals surface area contributed by atoms with E-state index in [9.17, 15) is 9.90 Å². The number of nitrogens with one attached hydrogen (secondary N) is 2. The first-order chi connectivity index (χ1) is 21.8. The molecule has 11 heteroatoms. The second kappa shape index (κ2) is 13.1. The summed E-state index contributed by atoms with van der Waals surface area (Å²) in [6, 6.07) is 12.0. The topological polar surface area (TPSA) is 117 Å². The minimum absolute atomic E-state index is 0.202. The van der Waals surface area contributed by atoms with E-state index in [1.807, 2.05) is 19.1 Å². The van der Waals surface area contributed by atoms with Gasteiger partial charge in [-0.15, -0.1) is 0 Å². The van der Waals surface area contributed by atoms with Gasteiger partial charge in [0.05, 0.1) is 49.2 Å². The molecular weight excluding hydrogens is 570 g/mol. The number of amides is 1. The molecule has 0 unspecified atom stereocenters. The minimum Gasteiger partial charge on any atom is -0.494 e. The summed E-state index contributed by atoms with van der Waals surface area (Å²) < 4.78 is 13.4. The molecule has 3 N–H and O–H groups in total. The minimum atomic E-state index is -0.305. The van der Waals surface area contributed by atoms with Crippen LogP contribution in [0, 0.1) is 13.8 Å². The van der Waals surface area contributed by atoms with Crippen molar-refractivity contribution in [2.24, 2.45) is 0 Å². The van der Waals surface area contributed by atoms with Crippen LogP contribution in [0.1, 0.15) is 16.7 Å². The Morgan fingerprint density at radius 3 is 2.56 bits per heavy atom. The molecule has 0 atom stereocenters. The number of morpholine rings is 1. The van der Waals surface area contributed by atoms with Gasteiger partial charge in [0, 0.05) is 68.6 Å². The van der Waals surface area contributed by atoms with Crippen LogP contribution in [0.3, 0.4) is 0 Å². The summed E-state index contributed by atoms with van der Waals surface area (Å²) in [5.41, 5.74) is 8.34. The van der Waals surface area contributed by atoms with Gasteiger partial charge in [0.2, 0.25) is 11.9 Å². The highest BCUT2D eigenvalue weighted by molar-refractivity contribution is 6.02. The molecule has 2 aliphatic rings. The van der Waals surface area contributed by atoms with E-state index >= 15 is 0 Å². The fourth-order valence-electron chi connectivity index (χ4n) is 5.72. The number of β-amino-alcohol motifs (C(OH)–C–C–N with tert-alkyl or cyclic N) is 1. The molecule has 2 aromatic carbocycles. The highest BCUT2D eigenvalue weighted by Crippen LogP contribution is 2.39. The number of carbonyl (C=O) groups is 1. The largest absolute Gasteiger partial charge is 0.494 e. The van der Waals surface area contributed by atoms with Gasteiger partial charge >= 0.3 is 0 Å². The Balaban J connectivity index is 1.24. The highest BCUT2D eigenvalue weighted by Gasteiger charge is 2.25. The molecule has 2 aromatic heterocycles. The van der Waals surface area contributed by atoms with Crippen LogP contribution in [0.25, 0.3) is 16.9 Å². The summed E-state index contributed by atoms with van der Waals surface area (Å²) >= 11 is 0. The van der Waals surface area contributed by atoms with Crippen LogP contribution in [0.4, 0.5) is 23.0 Å². The van der Waals surface area contributed by atoms with Gasteiger partial charge in [0.1, 0.15) is 5.75 Å². The van der Waals surface area contributed by atoms with Gasteiger partial charge in [-0.2, -0.15) is 0 Å². The Morgan fingerprint density at radius 1 is 1.11 bits per heavy atom. The monoisotopic (exact) mass is 609 g/mol. The average molecular weight is 610 g/mol. The van der Waals surface area contributed by atoms with Crippen molar-refractivity contribution in [1.82, 2.24) is 19.4 Å². The molecule has 4 heterocycles. The fraction of sp³-hybridized carbons (Fsp3) is 0.324. The molecule has 0 saturated carbocycles. The predicted octanol–water partition coefficient (Wildman–Crippen LogP) is 4.44. The van der Waals surface area contributed by atoms with Crippen molar-refractivity contribution in [3.05, 3.63) is 84.3 Å². The number of aryl methyl sites for hydroxylation is 2. The number of likely N-dealkylation sites (tertiary alicyclic amines) is 1. The lowest BCUT2D eigenvalue weighted by molar-refractivity contribution is -0.111. The van der Waals surface area contributed by atoms with Crippen LogP contribution >= 0.6 is 0 Å². The number of nitrogens with zero attached hydrogens (tertiary/aromatic N) is 5. The smallest absolute Gasteiger partial charge is 0.247 e. The summed E-state index contributed by atoms with van der Waals surface area (Å²) in [5.74, 6) is 0.690. The molecule has 0 radical (unpaired) electrons. The number of carbonyl (C=O) groups excluding carboxylic acids is 1. The molecule has 2 aliphatic heterocycles. The standard InChI is InChI=1S/C34H39N7O4/c1-5-32(43)36-28-14-29(31(44-4)15-30(28)40-10-12-45-13-11-40)37-34-35-16-22(2)33(38-34)24-6-8-26(9-7-24)41-17-23(3)25(19-41)18-39-20-27(42)21-39/h5-9,14-17,19,27,42H,1,10-13,18,20-21H2,2-4H3,(H,36,43)(H,35,37,38). The van der Waals surface area contributed by atoms with Crippen molar-refractivity contribution >= 4 is 28.9 Å². The Morgan fingerprint density at radius 2 is 1.87 bits per heavy atom. The van der Waals surface area contributed by atoms with Crippen LogP contribution in [-0.2, 0) is 16.1 Å². The van der Waals surface area contributed by atoms with Gasteiger partial charge in [-0.3, -0.25) is 9.69 Å². The van der Waals surface area contributed by atoms with Gasteiger partial charge in [0.25, 0.3) is 0 Å². The molecule has 1 amide bonds. The average Bonchev–Trinajstić information content (AvgIpc) is 3.41. The summed E-state index contributed by atoms with van der Waals surface area (Å²) in [5, 5.41) is 15.9. The van der Waals surface area contributed by atoms with E-state index in [2.05, 4.69) is 80.1 Å². The SMILES string of the molecule is C=CC(=O)Nc1cc(Nc2ncc(C)c(-c3ccc(-n4cc(C)c(CN5CC(O)C5)c4)cc3)n2)c(OC)cc1N1CCOCC1. The summed E-state index contributed by atoms with van der Waals surface area (Å²) in [6.07, 6.45) is 7.14. The van der Waals surface area contributed by atoms with Crippen LogP contribution in [-0.4, -0.2) is 83.1 Å². The molecule has 11 nitrogen and oxygen atoms in total. The van der Waals surface area contributed by atoms with Crippen LogP contribution in [0.5, 0.6) is 5.75 Å². The number of methoxy groups -OCH3 is 1. The molecular formula is C34H39N7O4. The predicted molar refractivity (Wildman–Crippen MR) is 176 cm³/mol. The van der Waals surface area contributed by atoms with Gasteiger partial charge in [-0.1, -0.05) is 18.7 Å². The Kier molecular flexibility index (Phi) is 8.83. The molecule has 0 aliphatic carbocycles. The van der Waals surface area contributed by atoms with Crippen molar-refractivity contribution < 1.29 is 19.4 Å². The number of aliphatic hydroxyl groups excluding tert-OH is 1. The molecule has 4 aromatic rings. The maximum atomic E-state index is 12.3. The third-order valence-corrected chi connectivity index (χ3v) is 8.24. The number of aromatic nitrogens is 3. The van der Waals surface area contributed by atoms with E-state index in [0.29, 0.717) is 49.4 Å². The lowest BCUT2D eigenvalue weighted by Gasteiger charge is -2.35. The van der Waals surface area contributed by atoms with Crippen molar-refractivity contribution in [3.8, 4) is 22.7 Å². The molecule has 0 bridgehead atoms. The highest BCUT2D eigenvalue weighted by atomic mass is 16.5. The second-order valence-corrected chi connectivity index (χ2v) is 11.5. The zero-order valence-corrected chi connectivity index (χ0v) is 25.9. The first-order valence-corrected chi connectivity index (χ1v) is 15.1. The Bertz CT molecular complexity index is 1690. The number of benzene rings is 2. The molecule has 234 valence electrons. The van der Waals surface area contributed by atoms with E-state index in [1.54, 1.807) is 13.3 Å². The summed E-state index contributed by atoms with van der Waals surface area (Å²) in [6.45, 7) is 12.6. The van der Waals surface area contributed by atoms with Crippen LogP contribution in [0.2, 0.25) is 0 Å². The van der Waals surface area contributed by atoms with Crippen LogP contribution in [0.15, 0.2) is 67.6 Å². The molecule has 6 rings (SSSR count). The lowest BCUT2D eigenvalue weighted by Crippen LogP contribution is -2.49. The quantitative estimate of drug-likeness (QED) is 0.224. The molecule has 2 saturated heterocycles. The van der Waals surface area contributed by atoms with E-state index < -0.39 is 0 Å². The third kappa shape index (κ3) is 6.70. The molecule has 2 fully saturated rings. The van der Waals surface area contributed by atoms with Crippen molar-refractivity contribution in [1.29, 1.82) is 0 Å². The van der Waals surface area contributed by atoms with Crippen LogP contribution < -0.4 is 20.3 Å². The number of anilines is 4. The van der Waals surface area contributed by atoms with E-state index in [1.165, 1.54) is 17.2 Å². The number of hydrogen-bond acceptors (Lipinski definition) is 9. The second-order valence-electron chi connectivity index (χ2n) is 11.5. The van der Waals surface area contributed by atoms with Gasteiger partial charge < -0.3 is 34.7 Å². The zero-order chi connectivity index (χ0) is 31.5. The van der Waals surface area contributed by atoms with Crippen molar-refractivity contribution in [3.63, 3.8) is 0 Å². The normalized spacial score (nSPS) is 15.4. The van der Waals surface area contributed by atoms with E-state index in [4.69, 9.17) is 14.5 Å². The zero-order valence-electron chi connectivity index (χ0n) is 25.9. The first kappa shape index (κ1) is 30.3. The molecule has 0 spiro atoms.